The van der Waals surface area contributed by atoms with Gasteiger partial charge >= 0.3 is 0 Å². The molecule has 1 rings (SSSR count). The lowest BCUT2D eigenvalue weighted by molar-refractivity contribution is 0.330. The molecule has 0 spiro atoms. The molecule has 0 aliphatic heterocycles. The van der Waals surface area contributed by atoms with Crippen LogP contribution >= 0.6 is 0 Å². The standard InChI is InChI=1S/C16H23N3O2/c1-6-9-21-14-10-12(7-8-13(14)20-5)11-18-15(17)19-16(2,3)4/h1,7-8,10H,9,11H2,2-5H3,(H3,17,18,19). The van der Waals surface area contributed by atoms with Crippen LogP contribution in [0.25, 0.3) is 0 Å². The molecule has 0 aliphatic rings. The Bertz CT molecular complexity index is 539. The summed E-state index contributed by atoms with van der Waals surface area (Å²) in [6.07, 6.45) is 5.20. The third-order valence-electron chi connectivity index (χ3n) is 2.47. The first-order valence-electron chi connectivity index (χ1n) is 6.67. The first kappa shape index (κ1) is 16.7. The Morgan fingerprint density at radius 1 is 1.38 bits per heavy atom. The lowest BCUT2D eigenvalue weighted by Crippen LogP contribution is -2.44. The maximum absolute atomic E-state index is 5.84. The van der Waals surface area contributed by atoms with Gasteiger partial charge in [0.05, 0.1) is 13.7 Å². The molecule has 3 N–H and O–H groups in total. The van der Waals surface area contributed by atoms with E-state index in [0.717, 1.165) is 5.56 Å². The molecule has 0 atom stereocenters. The van der Waals surface area contributed by atoms with Crippen molar-refractivity contribution in [3.8, 4) is 23.8 Å². The number of guanidine groups is 1. The summed E-state index contributed by atoms with van der Waals surface area (Å²) in [5.74, 6) is 4.07. The number of nitrogens with two attached hydrogens (primary N) is 1. The molecule has 5 heteroatoms. The topological polar surface area (TPSA) is 68.9 Å². The summed E-state index contributed by atoms with van der Waals surface area (Å²) >= 11 is 0. The van der Waals surface area contributed by atoms with Crippen LogP contribution in [-0.2, 0) is 6.54 Å². The summed E-state index contributed by atoms with van der Waals surface area (Å²) in [6, 6.07) is 5.59. The number of benzene rings is 1. The summed E-state index contributed by atoms with van der Waals surface area (Å²) in [7, 11) is 1.58. The van der Waals surface area contributed by atoms with Gasteiger partial charge in [0.1, 0.15) is 6.61 Å². The Morgan fingerprint density at radius 2 is 2.10 bits per heavy atom. The number of rotatable bonds is 5. The van der Waals surface area contributed by atoms with Gasteiger partial charge in [-0.15, -0.1) is 6.42 Å². The first-order chi connectivity index (χ1) is 9.85. The van der Waals surface area contributed by atoms with Crippen LogP contribution in [0.1, 0.15) is 26.3 Å². The number of hydrogen-bond acceptors (Lipinski definition) is 3. The van der Waals surface area contributed by atoms with Crippen LogP contribution in [0.5, 0.6) is 11.5 Å². The first-order valence-corrected chi connectivity index (χ1v) is 6.67. The molecule has 0 aliphatic carbocycles. The smallest absolute Gasteiger partial charge is 0.189 e. The molecule has 0 radical (unpaired) electrons. The van der Waals surface area contributed by atoms with E-state index in [-0.39, 0.29) is 12.1 Å². The number of aliphatic imine (C=N–C) groups is 1. The number of ether oxygens (including phenoxy) is 2. The average molecular weight is 289 g/mol. The summed E-state index contributed by atoms with van der Waals surface area (Å²) in [6.45, 7) is 6.71. The van der Waals surface area contributed by atoms with Crippen LogP contribution in [0.3, 0.4) is 0 Å². The molecule has 1 aromatic rings. The van der Waals surface area contributed by atoms with Crippen molar-refractivity contribution in [1.82, 2.24) is 5.32 Å². The highest BCUT2D eigenvalue weighted by molar-refractivity contribution is 5.78. The number of nitrogens with zero attached hydrogens (tertiary/aromatic N) is 1. The van der Waals surface area contributed by atoms with Crippen molar-refractivity contribution in [2.24, 2.45) is 10.7 Å². The average Bonchev–Trinajstić information content (AvgIpc) is 2.41. The van der Waals surface area contributed by atoms with E-state index in [9.17, 15) is 0 Å². The highest BCUT2D eigenvalue weighted by atomic mass is 16.5. The fourth-order valence-corrected chi connectivity index (χ4v) is 1.65. The fraction of sp³-hybridized carbons (Fsp3) is 0.438. The summed E-state index contributed by atoms with van der Waals surface area (Å²) in [5, 5.41) is 3.11. The molecule has 0 saturated heterocycles. The maximum atomic E-state index is 5.84. The number of nitrogens with one attached hydrogen (secondary N) is 1. The molecule has 0 aromatic heterocycles. The third kappa shape index (κ3) is 6.09. The van der Waals surface area contributed by atoms with Crippen LogP contribution in [0.4, 0.5) is 0 Å². The van der Waals surface area contributed by atoms with Crippen LogP contribution in [-0.4, -0.2) is 25.2 Å². The fourth-order valence-electron chi connectivity index (χ4n) is 1.65. The van der Waals surface area contributed by atoms with Crippen molar-refractivity contribution >= 4 is 5.96 Å². The zero-order valence-corrected chi connectivity index (χ0v) is 13.1. The molecule has 0 bridgehead atoms. The Hall–Kier alpha value is -2.35. The molecule has 0 saturated carbocycles. The molecule has 0 unspecified atom stereocenters. The molecule has 21 heavy (non-hydrogen) atoms. The van der Waals surface area contributed by atoms with Gasteiger partial charge in [-0.25, -0.2) is 4.99 Å². The molecule has 0 heterocycles. The minimum absolute atomic E-state index is 0.117. The molecule has 5 nitrogen and oxygen atoms in total. The number of methoxy groups -OCH3 is 1. The predicted octanol–water partition coefficient (Wildman–Crippen LogP) is 1.91. The Balaban J connectivity index is 2.80. The maximum Gasteiger partial charge on any atom is 0.189 e. The second kappa shape index (κ2) is 7.44. The summed E-state index contributed by atoms with van der Waals surface area (Å²) in [4.78, 5) is 4.30. The van der Waals surface area contributed by atoms with Gasteiger partial charge in [0.2, 0.25) is 0 Å². The van der Waals surface area contributed by atoms with Gasteiger partial charge in [-0.2, -0.15) is 0 Å². The van der Waals surface area contributed by atoms with Gasteiger partial charge in [0.25, 0.3) is 0 Å². The molecule has 1 aromatic carbocycles. The van der Waals surface area contributed by atoms with Crippen molar-refractivity contribution in [3.05, 3.63) is 23.8 Å². The molecule has 0 fully saturated rings. The van der Waals surface area contributed by atoms with Crippen molar-refractivity contribution in [3.63, 3.8) is 0 Å². The van der Waals surface area contributed by atoms with Gasteiger partial charge < -0.3 is 20.5 Å². The Kier molecular flexibility index (Phi) is 5.92. The lowest BCUT2D eigenvalue weighted by Gasteiger charge is -2.21. The van der Waals surface area contributed by atoms with Crippen molar-refractivity contribution in [2.45, 2.75) is 32.9 Å². The van der Waals surface area contributed by atoms with E-state index in [4.69, 9.17) is 21.6 Å². The largest absolute Gasteiger partial charge is 0.493 e. The van der Waals surface area contributed by atoms with E-state index in [1.807, 2.05) is 39.0 Å². The molecular formula is C16H23N3O2. The van der Waals surface area contributed by atoms with E-state index in [1.165, 1.54) is 0 Å². The summed E-state index contributed by atoms with van der Waals surface area (Å²) < 4.78 is 10.7. The van der Waals surface area contributed by atoms with E-state index in [2.05, 4.69) is 16.2 Å². The second-order valence-electron chi connectivity index (χ2n) is 5.55. The molecule has 0 amide bonds. The van der Waals surface area contributed by atoms with Gasteiger partial charge in [-0.3, -0.25) is 0 Å². The monoisotopic (exact) mass is 289 g/mol. The van der Waals surface area contributed by atoms with Gasteiger partial charge in [-0.1, -0.05) is 12.0 Å². The minimum Gasteiger partial charge on any atom is -0.493 e. The molecular weight excluding hydrogens is 266 g/mol. The number of hydrogen-bond donors (Lipinski definition) is 2. The van der Waals surface area contributed by atoms with Gasteiger partial charge in [-0.05, 0) is 38.5 Å². The normalized spacial score (nSPS) is 11.7. The van der Waals surface area contributed by atoms with Crippen LogP contribution < -0.4 is 20.5 Å². The van der Waals surface area contributed by atoms with E-state index in [0.29, 0.717) is 24.0 Å². The van der Waals surface area contributed by atoms with Crippen molar-refractivity contribution in [2.75, 3.05) is 13.7 Å². The van der Waals surface area contributed by atoms with Gasteiger partial charge in [0.15, 0.2) is 17.5 Å². The summed E-state index contributed by atoms with van der Waals surface area (Å²) in [5.41, 5.74) is 6.68. The lowest BCUT2D eigenvalue weighted by atomic mass is 10.1. The van der Waals surface area contributed by atoms with E-state index in [1.54, 1.807) is 7.11 Å². The zero-order chi connectivity index (χ0) is 15.9. The predicted molar refractivity (Wildman–Crippen MR) is 85.5 cm³/mol. The van der Waals surface area contributed by atoms with Crippen LogP contribution in [0, 0.1) is 12.3 Å². The zero-order valence-electron chi connectivity index (χ0n) is 13.1. The molecule has 114 valence electrons. The number of terminal acetylenes is 1. The quantitative estimate of drug-likeness (QED) is 0.493. The van der Waals surface area contributed by atoms with Crippen LogP contribution in [0.15, 0.2) is 23.2 Å². The Morgan fingerprint density at radius 3 is 2.67 bits per heavy atom. The second-order valence-corrected chi connectivity index (χ2v) is 5.55. The van der Waals surface area contributed by atoms with Crippen molar-refractivity contribution < 1.29 is 9.47 Å². The third-order valence-corrected chi connectivity index (χ3v) is 2.47. The van der Waals surface area contributed by atoms with E-state index < -0.39 is 0 Å². The Labute approximate surface area is 126 Å². The van der Waals surface area contributed by atoms with Gasteiger partial charge in [0, 0.05) is 5.54 Å². The highest BCUT2D eigenvalue weighted by Gasteiger charge is 2.10. The highest BCUT2D eigenvalue weighted by Crippen LogP contribution is 2.28. The van der Waals surface area contributed by atoms with Crippen molar-refractivity contribution in [1.29, 1.82) is 0 Å². The van der Waals surface area contributed by atoms with Crippen LogP contribution in [0.2, 0.25) is 0 Å². The minimum atomic E-state index is -0.117. The van der Waals surface area contributed by atoms with E-state index >= 15 is 0 Å². The SMILES string of the molecule is C#CCOc1cc(CN=C(N)NC(C)(C)C)ccc1OC.